The third-order valence-electron chi connectivity index (χ3n) is 4.50. The summed E-state index contributed by atoms with van der Waals surface area (Å²) in [6.45, 7) is 0.803. The Morgan fingerprint density at radius 3 is 2.54 bits per heavy atom. The Labute approximate surface area is 157 Å². The summed E-state index contributed by atoms with van der Waals surface area (Å²) in [5.41, 5.74) is -0.810. The van der Waals surface area contributed by atoms with Gasteiger partial charge in [0.1, 0.15) is 23.6 Å². The first-order valence-electron chi connectivity index (χ1n) is 8.60. The van der Waals surface area contributed by atoms with Crippen molar-refractivity contribution in [3.63, 3.8) is 0 Å². The van der Waals surface area contributed by atoms with Crippen molar-refractivity contribution in [3.8, 4) is 0 Å². The van der Waals surface area contributed by atoms with Gasteiger partial charge in [0.2, 0.25) is 5.95 Å². The van der Waals surface area contributed by atoms with E-state index in [0.717, 1.165) is 12.1 Å². The van der Waals surface area contributed by atoms with E-state index in [0.29, 0.717) is 12.0 Å². The van der Waals surface area contributed by atoms with E-state index in [1.54, 1.807) is 25.9 Å². The minimum Gasteiger partial charge on any atom is -0.348 e. The number of hydrogen-bond acceptors (Lipinski definition) is 4. The zero-order chi connectivity index (χ0) is 20.6. The van der Waals surface area contributed by atoms with Crippen molar-refractivity contribution < 1.29 is 17.6 Å². The summed E-state index contributed by atoms with van der Waals surface area (Å²) >= 11 is 0. The van der Waals surface area contributed by atoms with Gasteiger partial charge in [-0.25, -0.2) is 22.2 Å². The Morgan fingerprint density at radius 2 is 2.00 bits per heavy atom. The predicted molar refractivity (Wildman–Crippen MR) is 97.1 cm³/mol. The summed E-state index contributed by atoms with van der Waals surface area (Å²) in [5, 5.41) is 4.18. The van der Waals surface area contributed by atoms with Crippen LogP contribution in [-0.2, 0) is 6.67 Å². The van der Waals surface area contributed by atoms with E-state index in [-0.39, 0.29) is 22.7 Å². The number of nitrogens with one attached hydrogen (secondary N) is 1. The second-order valence-corrected chi connectivity index (χ2v) is 6.51. The summed E-state index contributed by atoms with van der Waals surface area (Å²) in [7, 11) is 3.35. The van der Waals surface area contributed by atoms with Crippen LogP contribution in [-0.4, -0.2) is 33.8 Å². The molecule has 1 N–H and O–H groups in total. The zero-order valence-electron chi connectivity index (χ0n) is 15.5. The number of rotatable bonds is 6. The van der Waals surface area contributed by atoms with Gasteiger partial charge in [-0.3, -0.25) is 9.78 Å². The molecule has 0 aliphatic rings. The lowest BCUT2D eigenvalue weighted by Gasteiger charge is -2.18. The molecule has 0 amide bonds. The largest absolute Gasteiger partial charge is 0.348 e. The fraction of sp³-hybridized carbons (Fsp3) is 0.389. The van der Waals surface area contributed by atoms with Crippen LogP contribution in [0.1, 0.15) is 42.6 Å². The van der Waals surface area contributed by atoms with Crippen LogP contribution in [0.15, 0.2) is 23.0 Å². The minimum absolute atomic E-state index is 0.0104. The lowest BCUT2D eigenvalue weighted by Crippen LogP contribution is -2.20. The molecule has 3 rings (SSSR count). The van der Waals surface area contributed by atoms with Crippen LogP contribution in [0.3, 0.4) is 0 Å². The molecule has 1 atom stereocenters. The van der Waals surface area contributed by atoms with Crippen LogP contribution in [0.2, 0.25) is 0 Å². The molecule has 0 aliphatic heterocycles. The van der Waals surface area contributed by atoms with Crippen molar-refractivity contribution in [2.45, 2.75) is 32.5 Å². The van der Waals surface area contributed by atoms with Crippen LogP contribution in [0, 0.1) is 5.82 Å². The van der Waals surface area contributed by atoms with E-state index in [2.05, 4.69) is 15.1 Å². The van der Waals surface area contributed by atoms with Gasteiger partial charge in [-0.2, -0.15) is 10.1 Å². The Kier molecular flexibility index (Phi) is 5.39. The number of alkyl halides is 3. The maximum Gasteiger partial charge on any atom is 0.266 e. The van der Waals surface area contributed by atoms with Crippen molar-refractivity contribution >= 4 is 17.0 Å². The van der Waals surface area contributed by atoms with E-state index in [1.807, 2.05) is 0 Å². The second kappa shape index (κ2) is 7.61. The standard InChI is InChI=1S/C18H19F4N5O/c1-4-13(9-5-6-10(15(21)22)11(20)7-9)27-16-14(12(8-19)25-27)17(28)24-18(23-16)26(2)3/h5-7,13,15H,4,8H2,1-3H3,(H,23,24,28)/t13-/m1/s1. The van der Waals surface area contributed by atoms with E-state index in [1.165, 1.54) is 10.7 Å². The number of aromatic amines is 1. The zero-order valence-corrected chi connectivity index (χ0v) is 15.5. The molecule has 0 saturated carbocycles. The first kappa shape index (κ1) is 19.8. The van der Waals surface area contributed by atoms with Gasteiger partial charge in [-0.05, 0) is 18.1 Å². The van der Waals surface area contributed by atoms with Gasteiger partial charge in [0.05, 0.1) is 11.6 Å². The van der Waals surface area contributed by atoms with Crippen molar-refractivity contribution in [2.24, 2.45) is 0 Å². The van der Waals surface area contributed by atoms with Gasteiger partial charge in [0.25, 0.3) is 12.0 Å². The molecule has 0 bridgehead atoms. The van der Waals surface area contributed by atoms with Gasteiger partial charge in [0.15, 0.2) is 5.65 Å². The molecule has 0 radical (unpaired) electrons. The SMILES string of the molecule is CC[C@H](c1ccc(C(F)F)c(F)c1)n1nc(CF)c2c(=O)[nH]c(N(C)C)nc21. The molecule has 3 aromatic rings. The van der Waals surface area contributed by atoms with Crippen LogP contribution >= 0.6 is 0 Å². The first-order valence-corrected chi connectivity index (χ1v) is 8.60. The molecule has 1 aromatic carbocycles. The molecule has 10 heteroatoms. The van der Waals surface area contributed by atoms with Crippen molar-refractivity contribution in [1.29, 1.82) is 0 Å². The molecule has 28 heavy (non-hydrogen) atoms. The van der Waals surface area contributed by atoms with Crippen molar-refractivity contribution in [3.05, 3.63) is 51.2 Å². The van der Waals surface area contributed by atoms with Crippen LogP contribution < -0.4 is 10.5 Å². The monoisotopic (exact) mass is 397 g/mol. The molecule has 2 heterocycles. The highest BCUT2D eigenvalue weighted by Crippen LogP contribution is 2.30. The Balaban J connectivity index is 2.23. The molecule has 6 nitrogen and oxygen atoms in total. The highest BCUT2D eigenvalue weighted by molar-refractivity contribution is 5.78. The lowest BCUT2D eigenvalue weighted by molar-refractivity contribution is 0.146. The van der Waals surface area contributed by atoms with E-state index in [4.69, 9.17) is 0 Å². The third-order valence-corrected chi connectivity index (χ3v) is 4.50. The van der Waals surface area contributed by atoms with E-state index in [9.17, 15) is 22.4 Å². The molecule has 0 unspecified atom stereocenters. The smallest absolute Gasteiger partial charge is 0.266 e. The summed E-state index contributed by atoms with van der Waals surface area (Å²) < 4.78 is 54.6. The third kappa shape index (κ3) is 3.34. The average molecular weight is 397 g/mol. The van der Waals surface area contributed by atoms with Crippen LogP contribution in [0.25, 0.3) is 11.0 Å². The van der Waals surface area contributed by atoms with Crippen molar-refractivity contribution in [2.75, 3.05) is 19.0 Å². The van der Waals surface area contributed by atoms with E-state index < -0.39 is 36.1 Å². The fourth-order valence-electron chi connectivity index (χ4n) is 3.10. The number of hydrogen-bond donors (Lipinski definition) is 1. The highest BCUT2D eigenvalue weighted by Gasteiger charge is 2.24. The van der Waals surface area contributed by atoms with Gasteiger partial charge < -0.3 is 4.90 Å². The number of halogens is 4. The number of nitrogens with zero attached hydrogens (tertiary/aromatic N) is 4. The topological polar surface area (TPSA) is 66.8 Å². The van der Waals surface area contributed by atoms with Gasteiger partial charge in [0, 0.05) is 14.1 Å². The van der Waals surface area contributed by atoms with Gasteiger partial charge in [-0.15, -0.1) is 0 Å². The average Bonchev–Trinajstić information content (AvgIpc) is 3.01. The Hall–Kier alpha value is -2.91. The fourth-order valence-corrected chi connectivity index (χ4v) is 3.10. The molecule has 2 aromatic heterocycles. The van der Waals surface area contributed by atoms with E-state index >= 15 is 0 Å². The quantitative estimate of drug-likeness (QED) is 0.644. The van der Waals surface area contributed by atoms with Gasteiger partial charge >= 0.3 is 0 Å². The highest BCUT2D eigenvalue weighted by atomic mass is 19.3. The summed E-state index contributed by atoms with van der Waals surface area (Å²) in [6.07, 6.45) is -2.54. The number of benzene rings is 1. The van der Waals surface area contributed by atoms with Crippen molar-refractivity contribution in [1.82, 2.24) is 19.7 Å². The number of aromatic nitrogens is 4. The summed E-state index contributed by atoms with van der Waals surface area (Å²) in [6, 6.07) is 2.79. The Bertz CT molecular complexity index is 1060. The molecular weight excluding hydrogens is 378 g/mol. The molecule has 0 spiro atoms. The number of fused-ring (bicyclic) bond motifs is 1. The molecule has 150 valence electrons. The number of H-pyrrole nitrogens is 1. The van der Waals surface area contributed by atoms with Gasteiger partial charge in [-0.1, -0.05) is 19.1 Å². The molecule has 0 aliphatic carbocycles. The summed E-state index contributed by atoms with van der Waals surface area (Å²) in [5.74, 6) is -0.786. The number of anilines is 1. The molecular formula is C18H19F4N5O. The second-order valence-electron chi connectivity index (χ2n) is 6.51. The van der Waals surface area contributed by atoms with Crippen LogP contribution in [0.5, 0.6) is 0 Å². The lowest BCUT2D eigenvalue weighted by atomic mass is 10.0. The maximum absolute atomic E-state index is 14.1. The molecule has 0 fully saturated rings. The normalized spacial score (nSPS) is 12.7. The first-order chi connectivity index (χ1) is 13.3. The maximum atomic E-state index is 14.1. The molecule has 0 saturated heterocycles. The van der Waals surface area contributed by atoms with Crippen LogP contribution in [0.4, 0.5) is 23.5 Å². The summed E-state index contributed by atoms with van der Waals surface area (Å²) in [4.78, 5) is 20.9. The Morgan fingerprint density at radius 1 is 1.29 bits per heavy atom. The minimum atomic E-state index is -2.93. The predicted octanol–water partition coefficient (Wildman–Crippen LogP) is 3.73.